The highest BCUT2D eigenvalue weighted by molar-refractivity contribution is 7.28. The number of nitrogens with zero attached hydrogens (tertiary/aromatic N) is 4. The topological polar surface area (TPSA) is 56.7 Å². The Morgan fingerprint density at radius 2 is 0.852 bits per heavy atom. The molecule has 0 spiro atoms. The van der Waals surface area contributed by atoms with E-state index in [1.165, 1.54) is 96.6 Å². The zero-order valence-corrected chi connectivity index (χ0v) is 37.2. The predicted molar refractivity (Wildman–Crippen MR) is 292 cm³/mol. The van der Waals surface area contributed by atoms with Gasteiger partial charge in [-0.15, -0.1) is 27.7 Å². The Hall–Kier alpha value is -5.98. The van der Waals surface area contributed by atoms with Crippen LogP contribution in [0.15, 0.2) is 101 Å². The third kappa shape index (κ3) is 5.43. The van der Waals surface area contributed by atoms with Crippen molar-refractivity contribution in [3.63, 3.8) is 0 Å². The molecule has 0 radical (unpaired) electrons. The second-order valence-corrected chi connectivity index (χ2v) is 18.1. The number of hydrogen-bond acceptors (Lipinski definition) is 5. The van der Waals surface area contributed by atoms with Crippen LogP contribution in [0.25, 0.3) is 104 Å². The first-order valence-electron chi connectivity index (χ1n) is 21.1. The summed E-state index contributed by atoms with van der Waals surface area (Å²) in [7, 11) is 23.1. The van der Waals surface area contributed by atoms with Crippen molar-refractivity contribution in [1.82, 2.24) is 19.5 Å². The largest absolute Gasteiger partial charge is 0.456 e. The molecule has 11 rings (SSSR count). The summed E-state index contributed by atoms with van der Waals surface area (Å²) >= 11 is 1.97. The Labute approximate surface area is 367 Å². The van der Waals surface area contributed by atoms with Gasteiger partial charge in [0, 0.05) is 54.8 Å². The van der Waals surface area contributed by atoms with Crippen LogP contribution in [0.3, 0.4) is 0 Å². The molecule has 11 aromatic rings. The van der Waals surface area contributed by atoms with E-state index in [2.05, 4.69) is 119 Å². The molecule has 0 atom stereocenters. The Bertz CT molecular complexity index is 3660. The lowest BCUT2D eigenvalue weighted by Gasteiger charge is -2.16. The van der Waals surface area contributed by atoms with Crippen LogP contribution < -0.4 is 54.6 Å². The molecule has 0 aliphatic rings. The summed E-state index contributed by atoms with van der Waals surface area (Å²) in [6.07, 6.45) is 0. The molecule has 0 N–H and O–H groups in total. The summed E-state index contributed by atoms with van der Waals surface area (Å²) in [6, 6.07) is 33.3. The standard InChI is InChI=1S/C45H36B10N4OS/c46-29-26-25-30(47)33(50)35(52)37(54)39(25)59(40(26)42-28(31(29)48)27-32(49)34(51)36(53)38(55)41(27)61-42)20-12-14-22-21-13-11-19(15-23(21)60-24(22)16-20)45-57-43(17-7-3-1-4-8-17)56-44(58-45)18-9-5-2-6-10-18/h1-16H,46-55H2. The molecule has 61 heavy (non-hydrogen) atoms. The SMILES string of the molecule is Bc1c(B)c(B)c2c(sc3c2c(B)c(B)c2c4c(B)c(B)c(B)c(B)c4n(-c4ccc5c(c4)oc4cc(-c6nc(-c7ccccc7)nc(-c7ccccc7)n6)ccc45)c32)c1B. The third-order valence-corrected chi connectivity index (χ3v) is 15.4. The van der Waals surface area contributed by atoms with Gasteiger partial charge in [-0.3, -0.25) is 0 Å². The molecular formula is C45H36B10N4OS. The average molecular weight is 789 g/mol. The summed E-state index contributed by atoms with van der Waals surface area (Å²) in [5, 5.41) is 7.65. The van der Waals surface area contributed by atoms with Gasteiger partial charge in [-0.2, -0.15) is 0 Å². The van der Waals surface area contributed by atoms with Crippen LogP contribution in [-0.4, -0.2) is 98.0 Å². The first-order chi connectivity index (χ1) is 29.4. The zero-order valence-electron chi connectivity index (χ0n) is 36.3. The first-order valence-corrected chi connectivity index (χ1v) is 21.9. The summed E-state index contributed by atoms with van der Waals surface area (Å²) < 4.78 is 12.2. The van der Waals surface area contributed by atoms with E-state index in [4.69, 9.17) is 19.4 Å². The van der Waals surface area contributed by atoms with Gasteiger partial charge in [0.25, 0.3) is 0 Å². The van der Waals surface area contributed by atoms with Crippen molar-refractivity contribution in [1.29, 1.82) is 0 Å². The minimum Gasteiger partial charge on any atom is -0.456 e. The second kappa shape index (κ2) is 13.8. The third-order valence-electron chi connectivity index (χ3n) is 14.1. The van der Waals surface area contributed by atoms with E-state index in [1.807, 2.05) is 72.0 Å². The molecular weight excluding hydrogens is 753 g/mol. The van der Waals surface area contributed by atoms with Crippen LogP contribution in [0.4, 0.5) is 0 Å². The van der Waals surface area contributed by atoms with Crippen molar-refractivity contribution in [2.45, 2.75) is 0 Å². The highest BCUT2D eigenvalue weighted by atomic mass is 32.1. The minimum absolute atomic E-state index is 0.603. The van der Waals surface area contributed by atoms with Gasteiger partial charge in [-0.05, 0) is 40.4 Å². The van der Waals surface area contributed by atoms with Gasteiger partial charge >= 0.3 is 0 Å². The maximum atomic E-state index is 6.86. The lowest BCUT2D eigenvalue weighted by atomic mass is 9.64. The summed E-state index contributed by atoms with van der Waals surface area (Å²) in [4.78, 5) is 14.9. The highest BCUT2D eigenvalue weighted by Gasteiger charge is 2.27. The fraction of sp³-hybridized carbons (Fsp3) is 0. The van der Waals surface area contributed by atoms with Crippen LogP contribution in [-0.2, 0) is 0 Å². The van der Waals surface area contributed by atoms with E-state index >= 15 is 0 Å². The number of thiophene rings is 1. The number of benzene rings is 7. The van der Waals surface area contributed by atoms with Crippen LogP contribution in [0, 0.1) is 0 Å². The Morgan fingerprint density at radius 1 is 0.393 bits per heavy atom. The second-order valence-electron chi connectivity index (χ2n) is 17.1. The zero-order chi connectivity index (χ0) is 42.2. The molecule has 0 fully saturated rings. The summed E-state index contributed by atoms with van der Waals surface area (Å²) in [6.45, 7) is 0. The highest BCUT2D eigenvalue weighted by Crippen LogP contribution is 2.41. The molecule has 0 aliphatic heterocycles. The molecule has 5 nitrogen and oxygen atoms in total. The maximum absolute atomic E-state index is 6.86. The maximum Gasteiger partial charge on any atom is 0.164 e. The van der Waals surface area contributed by atoms with Gasteiger partial charge in [-0.1, -0.05) is 105 Å². The predicted octanol–water partition coefficient (Wildman–Crippen LogP) is -5.18. The van der Waals surface area contributed by atoms with E-state index in [1.54, 1.807) is 0 Å². The molecule has 0 unspecified atom stereocenters. The molecule has 0 saturated heterocycles. The minimum atomic E-state index is 0.603. The van der Waals surface area contributed by atoms with Gasteiger partial charge in [0.05, 0.1) is 10.2 Å². The summed E-state index contributed by atoms with van der Waals surface area (Å²) in [5.74, 6) is 1.87. The van der Waals surface area contributed by atoms with E-state index in [0.29, 0.717) is 17.5 Å². The van der Waals surface area contributed by atoms with E-state index < -0.39 is 0 Å². The van der Waals surface area contributed by atoms with Crippen molar-refractivity contribution in [3.05, 3.63) is 97.1 Å². The van der Waals surface area contributed by atoms with Gasteiger partial charge in [-0.25, -0.2) is 15.0 Å². The van der Waals surface area contributed by atoms with Gasteiger partial charge in [0.2, 0.25) is 0 Å². The van der Waals surface area contributed by atoms with Crippen LogP contribution >= 0.6 is 11.3 Å². The lowest BCUT2D eigenvalue weighted by molar-refractivity contribution is 0.668. The van der Waals surface area contributed by atoms with Crippen molar-refractivity contribution < 1.29 is 4.42 Å². The summed E-state index contributed by atoms with van der Waals surface area (Å²) in [5.41, 5.74) is 21.7. The van der Waals surface area contributed by atoms with Crippen LogP contribution in [0.1, 0.15) is 0 Å². The van der Waals surface area contributed by atoms with Crippen molar-refractivity contribution >= 4 is 208 Å². The quantitative estimate of drug-likeness (QED) is 0.168. The Balaban J connectivity index is 1.17. The fourth-order valence-corrected chi connectivity index (χ4v) is 11.4. The van der Waals surface area contributed by atoms with E-state index in [9.17, 15) is 0 Å². The number of furan rings is 1. The number of fused-ring (bicyclic) bond motifs is 10. The van der Waals surface area contributed by atoms with Crippen LogP contribution in [0.2, 0.25) is 0 Å². The number of hydrogen-bond donors (Lipinski definition) is 0. The van der Waals surface area contributed by atoms with Crippen LogP contribution in [0.5, 0.6) is 0 Å². The molecule has 7 aromatic carbocycles. The van der Waals surface area contributed by atoms with Crippen molar-refractivity contribution in [2.75, 3.05) is 0 Å². The number of aromatic nitrogens is 4. The average Bonchev–Trinajstić information content (AvgIpc) is 3.98. The Morgan fingerprint density at radius 3 is 1.48 bits per heavy atom. The molecule has 4 aromatic heterocycles. The molecule has 0 bridgehead atoms. The molecule has 4 heterocycles. The van der Waals surface area contributed by atoms with Crippen molar-refractivity contribution in [2.24, 2.45) is 0 Å². The normalized spacial score (nSPS) is 11.9. The first kappa shape index (κ1) is 38.0. The molecule has 0 amide bonds. The van der Waals surface area contributed by atoms with Gasteiger partial charge in [0.15, 0.2) is 17.5 Å². The molecule has 0 aliphatic carbocycles. The number of rotatable bonds is 4. The smallest absolute Gasteiger partial charge is 0.164 e. The lowest BCUT2D eigenvalue weighted by Crippen LogP contribution is -2.48. The molecule has 16 heteroatoms. The monoisotopic (exact) mass is 790 g/mol. The van der Waals surface area contributed by atoms with E-state index in [-0.39, 0.29) is 0 Å². The van der Waals surface area contributed by atoms with E-state index in [0.717, 1.165) is 44.3 Å². The van der Waals surface area contributed by atoms with Crippen molar-refractivity contribution in [3.8, 4) is 39.9 Å². The molecule has 278 valence electrons. The molecule has 0 saturated carbocycles. The van der Waals surface area contributed by atoms with Gasteiger partial charge < -0.3 is 8.98 Å². The Kier molecular flexibility index (Phi) is 8.57. The fourth-order valence-electron chi connectivity index (χ4n) is 9.91. The van der Waals surface area contributed by atoms with Gasteiger partial charge in [0.1, 0.15) is 89.6 Å².